The largest absolute Gasteiger partial charge is 0.434 e. The molecule has 0 fully saturated rings. The molecule has 0 bridgehead atoms. The molecule has 0 saturated heterocycles. The molecule has 0 radical (unpaired) electrons. The van der Waals surface area contributed by atoms with Gasteiger partial charge >= 0.3 is 6.18 Å². The van der Waals surface area contributed by atoms with Crippen LogP contribution >= 0.6 is 0 Å². The Morgan fingerprint density at radius 3 is 2.45 bits per heavy atom. The molecule has 110 valence electrons. The van der Waals surface area contributed by atoms with Crippen LogP contribution in [0.2, 0.25) is 0 Å². The van der Waals surface area contributed by atoms with E-state index >= 15 is 0 Å². The lowest BCUT2D eigenvalue weighted by Crippen LogP contribution is -2.17. The number of alkyl halides is 3. The summed E-state index contributed by atoms with van der Waals surface area (Å²) in [6, 6.07) is 0. The molecule has 0 unspecified atom stereocenters. The normalized spacial score (nSPS) is 12.8. The Kier molecular flexibility index (Phi) is 3.32. The van der Waals surface area contributed by atoms with Crippen molar-refractivity contribution in [3.05, 3.63) is 23.8 Å². The van der Waals surface area contributed by atoms with Crippen LogP contribution in [0.15, 0.2) is 17.6 Å². The third kappa shape index (κ3) is 2.53. The molecular weight excluding hydrogens is 299 g/mol. The van der Waals surface area contributed by atoms with E-state index in [9.17, 15) is 21.6 Å². The second-order valence-corrected chi connectivity index (χ2v) is 5.97. The summed E-state index contributed by atoms with van der Waals surface area (Å²) in [5.41, 5.74) is -1.83. The van der Waals surface area contributed by atoms with Crippen molar-refractivity contribution in [1.29, 1.82) is 0 Å². The third-order valence-electron chi connectivity index (χ3n) is 2.55. The number of aryl methyl sites for hydroxylation is 2. The summed E-state index contributed by atoms with van der Waals surface area (Å²) >= 11 is 0. The Bertz CT molecular complexity index is 731. The fraction of sp³-hybridized carbons (Fsp3) is 0.444. The van der Waals surface area contributed by atoms with Crippen molar-refractivity contribution in [3.8, 4) is 0 Å². The Balaban J connectivity index is 2.44. The Morgan fingerprint density at radius 2 is 1.95 bits per heavy atom. The van der Waals surface area contributed by atoms with Crippen molar-refractivity contribution >= 4 is 9.84 Å². The zero-order valence-electron chi connectivity index (χ0n) is 10.5. The fourth-order valence-electron chi connectivity index (χ4n) is 1.74. The number of aromatic nitrogens is 5. The first-order valence-electron chi connectivity index (χ1n) is 5.29. The van der Waals surface area contributed by atoms with Crippen LogP contribution in [-0.4, -0.2) is 33.0 Å². The minimum Gasteiger partial charge on any atom is -0.325 e. The van der Waals surface area contributed by atoms with Gasteiger partial charge in [0, 0.05) is 26.5 Å². The maximum absolute atomic E-state index is 12.8. The number of halogens is 3. The highest BCUT2D eigenvalue weighted by molar-refractivity contribution is 7.90. The van der Waals surface area contributed by atoms with Gasteiger partial charge in [-0.2, -0.15) is 13.2 Å². The summed E-state index contributed by atoms with van der Waals surface area (Å²) in [4.78, 5) is 3.62. The quantitative estimate of drug-likeness (QED) is 0.826. The van der Waals surface area contributed by atoms with Crippen molar-refractivity contribution in [3.63, 3.8) is 0 Å². The van der Waals surface area contributed by atoms with Crippen LogP contribution in [0.1, 0.15) is 11.4 Å². The van der Waals surface area contributed by atoms with Gasteiger partial charge in [-0.05, 0) is 0 Å². The highest BCUT2D eigenvalue weighted by atomic mass is 32.2. The highest BCUT2D eigenvalue weighted by Crippen LogP contribution is 2.31. The number of rotatable bonds is 3. The van der Waals surface area contributed by atoms with Gasteiger partial charge in [0.1, 0.15) is 11.4 Å². The summed E-state index contributed by atoms with van der Waals surface area (Å²) in [5, 5.41) is 6.19. The van der Waals surface area contributed by atoms with E-state index < -0.39 is 33.2 Å². The average molecular weight is 309 g/mol. The molecule has 2 aromatic heterocycles. The van der Waals surface area contributed by atoms with E-state index in [-0.39, 0.29) is 5.16 Å². The Labute approximate surface area is 112 Å². The van der Waals surface area contributed by atoms with E-state index in [1.807, 2.05) is 0 Å². The van der Waals surface area contributed by atoms with Crippen molar-refractivity contribution in [1.82, 2.24) is 24.5 Å². The summed E-state index contributed by atoms with van der Waals surface area (Å²) in [7, 11) is -1.55. The van der Waals surface area contributed by atoms with Gasteiger partial charge in [-0.3, -0.25) is 0 Å². The first kappa shape index (κ1) is 14.5. The third-order valence-corrected chi connectivity index (χ3v) is 4.15. The van der Waals surface area contributed by atoms with E-state index in [0.717, 1.165) is 7.05 Å². The van der Waals surface area contributed by atoms with Gasteiger partial charge in [0.05, 0.1) is 0 Å². The second-order valence-electron chi connectivity index (χ2n) is 4.09. The van der Waals surface area contributed by atoms with Crippen molar-refractivity contribution in [2.24, 2.45) is 14.1 Å². The minimum absolute atomic E-state index is 0.323. The number of hydrogen-bond acceptors (Lipinski definition) is 5. The molecule has 0 aromatic carbocycles. The number of hydrogen-bond donors (Lipinski definition) is 0. The van der Waals surface area contributed by atoms with E-state index in [1.165, 1.54) is 24.0 Å². The first-order valence-corrected chi connectivity index (χ1v) is 6.94. The second kappa shape index (κ2) is 4.58. The van der Waals surface area contributed by atoms with Gasteiger partial charge < -0.3 is 4.57 Å². The minimum atomic E-state index is -4.73. The molecule has 20 heavy (non-hydrogen) atoms. The van der Waals surface area contributed by atoms with Crippen LogP contribution in [0.5, 0.6) is 0 Å². The van der Waals surface area contributed by atoms with Crippen LogP contribution in [0.3, 0.4) is 0 Å². The van der Waals surface area contributed by atoms with Crippen LogP contribution < -0.4 is 0 Å². The zero-order valence-corrected chi connectivity index (χ0v) is 11.3. The Morgan fingerprint density at radius 1 is 1.30 bits per heavy atom. The molecule has 0 spiro atoms. The van der Waals surface area contributed by atoms with Crippen molar-refractivity contribution in [2.45, 2.75) is 17.1 Å². The topological polar surface area (TPSA) is 82.7 Å². The number of nitrogens with zero attached hydrogens (tertiary/aromatic N) is 5. The van der Waals surface area contributed by atoms with Crippen LogP contribution in [0, 0.1) is 0 Å². The van der Waals surface area contributed by atoms with E-state index in [0.29, 0.717) is 4.68 Å². The van der Waals surface area contributed by atoms with Gasteiger partial charge in [0.15, 0.2) is 5.69 Å². The summed E-state index contributed by atoms with van der Waals surface area (Å²) < 4.78 is 64.3. The molecule has 0 amide bonds. The fourth-order valence-corrected chi connectivity index (χ4v) is 3.14. The lowest BCUT2D eigenvalue weighted by Gasteiger charge is -2.08. The number of imidazole rings is 1. The van der Waals surface area contributed by atoms with E-state index in [2.05, 4.69) is 15.3 Å². The van der Waals surface area contributed by atoms with Gasteiger partial charge in [-0.25, -0.2) is 18.1 Å². The molecule has 0 aliphatic carbocycles. The van der Waals surface area contributed by atoms with Crippen LogP contribution in [-0.2, 0) is 35.9 Å². The maximum atomic E-state index is 12.8. The van der Waals surface area contributed by atoms with Crippen molar-refractivity contribution < 1.29 is 21.6 Å². The van der Waals surface area contributed by atoms with Crippen molar-refractivity contribution in [2.75, 3.05) is 0 Å². The molecule has 7 nitrogen and oxygen atoms in total. The molecule has 0 N–H and O–H groups in total. The molecule has 0 atom stereocenters. The standard InChI is InChI=1S/C9H10F3N5O2S/c1-16-4-3-13-8(16)20(18,19)5-6-7(9(10,11)12)17(2)15-14-6/h3-4H,5H2,1-2H3. The molecule has 0 aliphatic heterocycles. The predicted octanol–water partition coefficient (Wildman–Crippen LogP) is 0.541. The molecule has 0 aliphatic rings. The Hall–Kier alpha value is -1.91. The summed E-state index contributed by atoms with van der Waals surface area (Å²) in [5.74, 6) is -0.916. The molecular formula is C9H10F3N5O2S. The predicted molar refractivity (Wildman–Crippen MR) is 60.1 cm³/mol. The highest BCUT2D eigenvalue weighted by Gasteiger charge is 2.40. The molecule has 0 saturated carbocycles. The monoisotopic (exact) mass is 309 g/mol. The molecule has 2 aromatic rings. The SMILES string of the molecule is Cn1ccnc1S(=O)(=O)Cc1nnn(C)c1C(F)(F)F. The summed E-state index contributed by atoms with van der Waals surface area (Å²) in [6.07, 6.45) is -2.10. The van der Waals surface area contributed by atoms with Gasteiger partial charge in [-0.1, -0.05) is 5.21 Å². The molecule has 11 heteroatoms. The maximum Gasteiger partial charge on any atom is 0.434 e. The molecule has 2 heterocycles. The first-order chi connectivity index (χ1) is 9.13. The van der Waals surface area contributed by atoms with Crippen LogP contribution in [0.4, 0.5) is 13.2 Å². The van der Waals surface area contributed by atoms with Gasteiger partial charge in [-0.15, -0.1) is 5.10 Å². The van der Waals surface area contributed by atoms with E-state index in [1.54, 1.807) is 0 Å². The van der Waals surface area contributed by atoms with E-state index in [4.69, 9.17) is 0 Å². The lowest BCUT2D eigenvalue weighted by molar-refractivity contribution is -0.144. The summed E-state index contributed by atoms with van der Waals surface area (Å²) in [6.45, 7) is 0. The average Bonchev–Trinajstić information content (AvgIpc) is 2.84. The van der Waals surface area contributed by atoms with Crippen LogP contribution in [0.25, 0.3) is 0 Å². The molecule has 2 rings (SSSR count). The van der Waals surface area contributed by atoms with Gasteiger partial charge in [0.2, 0.25) is 15.0 Å². The van der Waals surface area contributed by atoms with Gasteiger partial charge in [0.25, 0.3) is 0 Å². The lowest BCUT2D eigenvalue weighted by atomic mass is 10.3. The number of sulfone groups is 1. The smallest absolute Gasteiger partial charge is 0.325 e. The zero-order chi connectivity index (χ0) is 15.1.